The highest BCUT2D eigenvalue weighted by molar-refractivity contribution is 6.21. The highest BCUT2D eigenvalue weighted by atomic mass is 16.6. The standard InChI is InChI=1S/C30H44N2O10/c1-16(12-20-26(35)21(31)15-22(33)28(20)40-7)13-24(39-6)25(34)18(3)14-19(4)27(42-30(32)37)23(38-5)11-9-10-17(2)29(36)41-8/h9-11,14-16,18,23-25,27,34H,12-13,31H2,1-8H3,(H2,32,37)/b11-9+,17-10+,19-14+/t16-,18+,23+,24+,25+,27-/m1/s1. The Morgan fingerprint density at radius 2 is 1.71 bits per heavy atom. The minimum Gasteiger partial charge on any atom is -0.492 e. The number of methoxy groups -OCH3 is 4. The zero-order valence-electron chi connectivity index (χ0n) is 25.5. The molecule has 0 aromatic heterocycles. The SMILES string of the molecule is COC(=O)/C(C)=C/C=C/[C@H](OC)[C@H](OC(N)=O)/C(C)=C/[C@H](C)[C@H](O)[C@H](C[C@H](C)CC1=C(OC)C(=O)C=C(N)C1=O)OC. The van der Waals surface area contributed by atoms with Crippen LogP contribution in [-0.4, -0.2) is 81.6 Å². The first-order valence-electron chi connectivity index (χ1n) is 13.4. The molecule has 0 aromatic carbocycles. The van der Waals surface area contributed by atoms with Gasteiger partial charge in [0.25, 0.3) is 0 Å². The summed E-state index contributed by atoms with van der Waals surface area (Å²) in [5.74, 6) is -2.14. The van der Waals surface area contributed by atoms with Gasteiger partial charge in [0.15, 0.2) is 11.9 Å². The van der Waals surface area contributed by atoms with Gasteiger partial charge in [-0.3, -0.25) is 9.59 Å². The molecule has 1 rings (SSSR count). The van der Waals surface area contributed by atoms with Crippen molar-refractivity contribution in [1.82, 2.24) is 0 Å². The Morgan fingerprint density at radius 1 is 1.07 bits per heavy atom. The molecule has 0 saturated carbocycles. The maximum atomic E-state index is 12.6. The van der Waals surface area contributed by atoms with Crippen LogP contribution in [0, 0.1) is 11.8 Å². The maximum absolute atomic E-state index is 12.6. The molecule has 6 atom stereocenters. The number of Topliss-reactive ketones (excluding diaryl/α,β-unsaturated/α-hetero) is 1. The molecular weight excluding hydrogens is 548 g/mol. The largest absolute Gasteiger partial charge is 0.492 e. The number of rotatable bonds is 16. The van der Waals surface area contributed by atoms with E-state index in [1.807, 2.05) is 6.92 Å². The topological polar surface area (TPSA) is 187 Å². The number of primary amides is 1. The first-order valence-corrected chi connectivity index (χ1v) is 13.4. The Hall–Kier alpha value is -3.74. The van der Waals surface area contributed by atoms with Gasteiger partial charge in [0, 0.05) is 37.4 Å². The molecule has 0 unspecified atom stereocenters. The Labute approximate surface area is 247 Å². The van der Waals surface area contributed by atoms with Gasteiger partial charge >= 0.3 is 12.1 Å². The molecule has 1 amide bonds. The molecule has 0 aromatic rings. The van der Waals surface area contributed by atoms with E-state index in [1.165, 1.54) is 34.5 Å². The molecule has 12 heteroatoms. The third-order valence-electron chi connectivity index (χ3n) is 6.88. The summed E-state index contributed by atoms with van der Waals surface area (Å²) in [6.45, 7) is 6.93. The lowest BCUT2D eigenvalue weighted by Gasteiger charge is -2.29. The molecule has 1 aliphatic carbocycles. The molecule has 0 radical (unpaired) electrons. The van der Waals surface area contributed by atoms with Crippen molar-refractivity contribution in [2.24, 2.45) is 23.3 Å². The van der Waals surface area contributed by atoms with Gasteiger partial charge in [-0.25, -0.2) is 9.59 Å². The zero-order valence-corrected chi connectivity index (χ0v) is 25.5. The van der Waals surface area contributed by atoms with Crippen molar-refractivity contribution in [3.05, 3.63) is 58.6 Å². The van der Waals surface area contributed by atoms with E-state index in [-0.39, 0.29) is 29.4 Å². The number of hydrogen-bond acceptors (Lipinski definition) is 11. The number of nitrogens with two attached hydrogens (primary N) is 2. The molecule has 0 fully saturated rings. The molecule has 0 bridgehead atoms. The van der Waals surface area contributed by atoms with Crippen LogP contribution in [0.4, 0.5) is 4.79 Å². The van der Waals surface area contributed by atoms with Gasteiger partial charge in [-0.1, -0.05) is 38.2 Å². The normalized spacial score (nSPS) is 19.1. The molecule has 0 heterocycles. The fourth-order valence-corrected chi connectivity index (χ4v) is 4.64. The number of esters is 1. The summed E-state index contributed by atoms with van der Waals surface area (Å²) in [5, 5.41) is 11.2. The molecule has 0 aliphatic heterocycles. The number of hydrogen-bond donors (Lipinski definition) is 3. The molecule has 5 N–H and O–H groups in total. The van der Waals surface area contributed by atoms with Crippen LogP contribution < -0.4 is 11.5 Å². The van der Waals surface area contributed by atoms with Gasteiger partial charge in [0.05, 0.1) is 32.1 Å². The van der Waals surface area contributed by atoms with E-state index < -0.39 is 54.0 Å². The third-order valence-corrected chi connectivity index (χ3v) is 6.88. The monoisotopic (exact) mass is 592 g/mol. The molecule has 12 nitrogen and oxygen atoms in total. The summed E-state index contributed by atoms with van der Waals surface area (Å²) in [7, 11) is 5.49. The van der Waals surface area contributed by atoms with Crippen molar-refractivity contribution >= 4 is 23.6 Å². The number of aliphatic hydroxyl groups is 1. The number of aliphatic hydroxyl groups excluding tert-OH is 1. The Balaban J connectivity index is 3.12. The number of allylic oxidation sites excluding steroid dienone is 4. The maximum Gasteiger partial charge on any atom is 0.405 e. The molecule has 1 aliphatic rings. The van der Waals surface area contributed by atoms with E-state index in [1.54, 1.807) is 39.0 Å². The third kappa shape index (κ3) is 10.3. The summed E-state index contributed by atoms with van der Waals surface area (Å²) in [6.07, 6.45) is 3.66. The van der Waals surface area contributed by atoms with E-state index >= 15 is 0 Å². The minimum absolute atomic E-state index is 0.0410. The predicted molar refractivity (Wildman–Crippen MR) is 155 cm³/mol. The number of ketones is 2. The smallest absolute Gasteiger partial charge is 0.405 e. The van der Waals surface area contributed by atoms with Crippen LogP contribution in [-0.2, 0) is 38.1 Å². The van der Waals surface area contributed by atoms with Crippen LogP contribution in [0.15, 0.2) is 58.6 Å². The molecular formula is C30H44N2O10. The van der Waals surface area contributed by atoms with Crippen molar-refractivity contribution in [1.29, 1.82) is 0 Å². The van der Waals surface area contributed by atoms with Gasteiger partial charge < -0.3 is 40.3 Å². The first kappa shape index (κ1) is 36.3. The Morgan fingerprint density at radius 3 is 2.24 bits per heavy atom. The second-order valence-electron chi connectivity index (χ2n) is 10.2. The summed E-state index contributed by atoms with van der Waals surface area (Å²) >= 11 is 0. The highest BCUT2D eigenvalue weighted by Crippen LogP contribution is 2.28. The number of ether oxygens (including phenoxy) is 5. The predicted octanol–water partition coefficient (Wildman–Crippen LogP) is 2.41. The first-order chi connectivity index (χ1) is 19.7. The summed E-state index contributed by atoms with van der Waals surface area (Å²) < 4.78 is 26.3. The quantitative estimate of drug-likeness (QED) is 0.0785. The van der Waals surface area contributed by atoms with Crippen molar-refractivity contribution in [3.63, 3.8) is 0 Å². The lowest BCUT2D eigenvalue weighted by Crippen LogP contribution is -2.37. The number of carbonyl (C=O) groups is 4. The highest BCUT2D eigenvalue weighted by Gasteiger charge is 2.32. The van der Waals surface area contributed by atoms with Crippen LogP contribution in [0.3, 0.4) is 0 Å². The van der Waals surface area contributed by atoms with Crippen LogP contribution in [0.2, 0.25) is 0 Å². The number of carbonyl (C=O) groups excluding carboxylic acids is 4. The van der Waals surface area contributed by atoms with Gasteiger partial charge in [0.2, 0.25) is 11.6 Å². The molecule has 0 saturated heterocycles. The lowest BCUT2D eigenvalue weighted by atomic mass is 9.85. The van der Waals surface area contributed by atoms with E-state index in [0.717, 1.165) is 6.08 Å². The van der Waals surface area contributed by atoms with Crippen LogP contribution in [0.1, 0.15) is 40.5 Å². The Bertz CT molecular complexity index is 1150. The van der Waals surface area contributed by atoms with E-state index in [4.69, 9.17) is 30.4 Å². The Kier molecular flexibility index (Phi) is 14.9. The van der Waals surface area contributed by atoms with Crippen LogP contribution in [0.25, 0.3) is 0 Å². The summed E-state index contributed by atoms with van der Waals surface area (Å²) in [5.41, 5.74) is 12.0. The minimum atomic E-state index is -1.02. The molecule has 0 spiro atoms. The zero-order chi connectivity index (χ0) is 32.1. The van der Waals surface area contributed by atoms with E-state index in [2.05, 4.69) is 4.74 Å². The second kappa shape index (κ2) is 17.3. The fraction of sp³-hybridized carbons (Fsp3) is 0.533. The van der Waals surface area contributed by atoms with Crippen molar-refractivity contribution in [3.8, 4) is 0 Å². The fourth-order valence-electron chi connectivity index (χ4n) is 4.64. The van der Waals surface area contributed by atoms with Crippen molar-refractivity contribution in [2.75, 3.05) is 28.4 Å². The number of amides is 1. The van der Waals surface area contributed by atoms with Crippen LogP contribution >= 0.6 is 0 Å². The van der Waals surface area contributed by atoms with Gasteiger partial charge in [-0.2, -0.15) is 0 Å². The van der Waals surface area contributed by atoms with Gasteiger partial charge in [-0.15, -0.1) is 0 Å². The summed E-state index contributed by atoms with van der Waals surface area (Å²) in [6, 6.07) is 0. The van der Waals surface area contributed by atoms with Crippen molar-refractivity contribution < 1.29 is 48.0 Å². The van der Waals surface area contributed by atoms with Crippen LogP contribution in [0.5, 0.6) is 0 Å². The lowest BCUT2D eigenvalue weighted by molar-refractivity contribution is -0.136. The molecule has 42 heavy (non-hydrogen) atoms. The van der Waals surface area contributed by atoms with Crippen molar-refractivity contribution in [2.45, 2.75) is 65.0 Å². The molecule has 234 valence electrons. The summed E-state index contributed by atoms with van der Waals surface area (Å²) in [4.78, 5) is 48.1. The second-order valence-corrected chi connectivity index (χ2v) is 10.2. The average molecular weight is 593 g/mol. The van der Waals surface area contributed by atoms with Gasteiger partial charge in [0.1, 0.15) is 6.10 Å². The van der Waals surface area contributed by atoms with E-state index in [9.17, 15) is 24.3 Å². The average Bonchev–Trinajstić information content (AvgIpc) is 2.94. The van der Waals surface area contributed by atoms with Gasteiger partial charge in [-0.05, 0) is 38.2 Å². The van der Waals surface area contributed by atoms with E-state index in [0.29, 0.717) is 17.6 Å².